The van der Waals surface area contributed by atoms with Crippen LogP contribution in [0.1, 0.15) is 61.7 Å². The average Bonchev–Trinajstić information content (AvgIpc) is 3.18. The number of thiophene rings is 1. The van der Waals surface area contributed by atoms with Crippen LogP contribution in [0.25, 0.3) is 0 Å². The number of nitrogens with one attached hydrogen (secondary N) is 1. The van der Waals surface area contributed by atoms with E-state index in [1.807, 2.05) is 27.7 Å². The summed E-state index contributed by atoms with van der Waals surface area (Å²) in [6, 6.07) is 0. The van der Waals surface area contributed by atoms with Gasteiger partial charge in [0.1, 0.15) is 0 Å². The van der Waals surface area contributed by atoms with Crippen molar-refractivity contribution in [3.05, 3.63) is 10.4 Å². The zero-order valence-electron chi connectivity index (χ0n) is 13.4. The van der Waals surface area contributed by atoms with Crippen LogP contribution in [0.2, 0.25) is 0 Å². The first-order chi connectivity index (χ1) is 9.91. The molecule has 0 spiro atoms. The predicted octanol–water partition coefficient (Wildman–Crippen LogP) is 3.88. The third-order valence-electron chi connectivity index (χ3n) is 3.56. The zero-order chi connectivity index (χ0) is 15.6. The van der Waals surface area contributed by atoms with Crippen LogP contribution in [-0.4, -0.2) is 25.0 Å². The molecular formula is C16H26N2O2S. The lowest BCUT2D eigenvalue weighted by molar-refractivity contribution is 0.0871. The van der Waals surface area contributed by atoms with Crippen LogP contribution >= 0.6 is 11.3 Å². The number of ketones is 1. The number of carbonyl (C=O) groups is 1. The SMILES string of the molecule is CC(C)OCCNc1sc(C(=O)C(C)C)c(N)c1C1CC1. The lowest BCUT2D eigenvalue weighted by atomic mass is 10.0. The van der Waals surface area contributed by atoms with Gasteiger partial charge in [0.25, 0.3) is 0 Å². The van der Waals surface area contributed by atoms with Crippen LogP contribution in [0.5, 0.6) is 0 Å². The van der Waals surface area contributed by atoms with E-state index in [4.69, 9.17) is 10.5 Å². The molecular weight excluding hydrogens is 284 g/mol. The van der Waals surface area contributed by atoms with E-state index in [1.54, 1.807) is 0 Å². The predicted molar refractivity (Wildman–Crippen MR) is 89.5 cm³/mol. The van der Waals surface area contributed by atoms with Gasteiger partial charge in [-0.2, -0.15) is 0 Å². The number of Topliss-reactive ketones (excluding diaryl/α,β-unsaturated/α-hetero) is 1. The third-order valence-corrected chi connectivity index (χ3v) is 4.75. The molecule has 0 saturated heterocycles. The number of hydrogen-bond donors (Lipinski definition) is 2. The van der Waals surface area contributed by atoms with Gasteiger partial charge in [-0.15, -0.1) is 11.3 Å². The fraction of sp³-hybridized carbons (Fsp3) is 0.688. The van der Waals surface area contributed by atoms with E-state index in [0.29, 0.717) is 18.2 Å². The fourth-order valence-electron chi connectivity index (χ4n) is 2.27. The van der Waals surface area contributed by atoms with Gasteiger partial charge in [-0.25, -0.2) is 0 Å². The maximum absolute atomic E-state index is 12.3. The van der Waals surface area contributed by atoms with Gasteiger partial charge in [-0.3, -0.25) is 4.79 Å². The fourth-order valence-corrected chi connectivity index (χ4v) is 3.59. The van der Waals surface area contributed by atoms with Crippen molar-refractivity contribution in [1.82, 2.24) is 0 Å². The summed E-state index contributed by atoms with van der Waals surface area (Å²) in [5.41, 5.74) is 8.12. The first kappa shape index (κ1) is 16.3. The molecule has 21 heavy (non-hydrogen) atoms. The van der Waals surface area contributed by atoms with Crippen molar-refractivity contribution in [3.8, 4) is 0 Å². The molecule has 4 nitrogen and oxygen atoms in total. The van der Waals surface area contributed by atoms with Crippen molar-refractivity contribution in [2.45, 2.75) is 52.6 Å². The van der Waals surface area contributed by atoms with E-state index >= 15 is 0 Å². The van der Waals surface area contributed by atoms with Crippen molar-refractivity contribution in [3.63, 3.8) is 0 Å². The number of anilines is 2. The highest BCUT2D eigenvalue weighted by Crippen LogP contribution is 2.51. The number of nitrogen functional groups attached to an aromatic ring is 1. The summed E-state index contributed by atoms with van der Waals surface area (Å²) < 4.78 is 5.55. The molecule has 1 heterocycles. The van der Waals surface area contributed by atoms with Crippen LogP contribution in [0.15, 0.2) is 0 Å². The second-order valence-corrected chi connectivity index (χ2v) is 7.25. The molecule has 0 bridgehead atoms. The Hall–Kier alpha value is -1.07. The quantitative estimate of drug-likeness (QED) is 0.565. The van der Waals surface area contributed by atoms with Gasteiger partial charge in [-0.05, 0) is 32.6 Å². The van der Waals surface area contributed by atoms with Gasteiger partial charge < -0.3 is 15.8 Å². The van der Waals surface area contributed by atoms with Gasteiger partial charge in [0, 0.05) is 18.0 Å². The van der Waals surface area contributed by atoms with Crippen LogP contribution in [0.4, 0.5) is 10.7 Å². The van der Waals surface area contributed by atoms with Gasteiger partial charge >= 0.3 is 0 Å². The number of ether oxygens (including phenoxy) is 1. The minimum atomic E-state index is -0.0184. The highest BCUT2D eigenvalue weighted by molar-refractivity contribution is 7.18. The summed E-state index contributed by atoms with van der Waals surface area (Å²) in [5, 5.41) is 4.47. The topological polar surface area (TPSA) is 64.3 Å². The Morgan fingerprint density at radius 2 is 2.05 bits per heavy atom. The van der Waals surface area contributed by atoms with Crippen molar-refractivity contribution in [2.24, 2.45) is 5.92 Å². The van der Waals surface area contributed by atoms with E-state index in [2.05, 4.69) is 5.32 Å². The second kappa shape index (κ2) is 6.79. The number of hydrogen-bond acceptors (Lipinski definition) is 5. The van der Waals surface area contributed by atoms with Gasteiger partial charge in [0.2, 0.25) is 0 Å². The first-order valence-corrected chi connectivity index (χ1v) is 8.55. The molecule has 118 valence electrons. The summed E-state index contributed by atoms with van der Waals surface area (Å²) in [5.74, 6) is 0.657. The molecule has 1 aromatic rings. The van der Waals surface area contributed by atoms with Crippen molar-refractivity contribution >= 4 is 27.8 Å². The lowest BCUT2D eigenvalue weighted by Crippen LogP contribution is -2.13. The molecule has 1 aliphatic carbocycles. The summed E-state index contributed by atoms with van der Waals surface area (Å²) in [7, 11) is 0. The van der Waals surface area contributed by atoms with Crippen LogP contribution in [0.3, 0.4) is 0 Å². The van der Waals surface area contributed by atoms with Gasteiger partial charge in [0.15, 0.2) is 5.78 Å². The van der Waals surface area contributed by atoms with E-state index in [9.17, 15) is 4.79 Å². The number of carbonyl (C=O) groups excluding carboxylic acids is 1. The molecule has 0 radical (unpaired) electrons. The molecule has 1 aliphatic rings. The molecule has 5 heteroatoms. The molecule has 0 aromatic carbocycles. The average molecular weight is 310 g/mol. The molecule has 0 unspecified atom stereocenters. The van der Waals surface area contributed by atoms with E-state index < -0.39 is 0 Å². The van der Waals surface area contributed by atoms with Gasteiger partial charge in [0.05, 0.1) is 28.3 Å². The van der Waals surface area contributed by atoms with Crippen molar-refractivity contribution in [1.29, 1.82) is 0 Å². The Bertz CT molecular complexity index is 505. The van der Waals surface area contributed by atoms with Crippen LogP contribution < -0.4 is 11.1 Å². The summed E-state index contributed by atoms with van der Waals surface area (Å²) >= 11 is 1.51. The summed E-state index contributed by atoms with van der Waals surface area (Å²) in [4.78, 5) is 13.0. The monoisotopic (exact) mass is 310 g/mol. The number of nitrogens with two attached hydrogens (primary N) is 1. The largest absolute Gasteiger partial charge is 0.397 e. The maximum atomic E-state index is 12.3. The number of rotatable bonds is 8. The molecule has 2 rings (SSSR count). The van der Waals surface area contributed by atoms with E-state index in [1.165, 1.54) is 24.2 Å². The Morgan fingerprint density at radius 1 is 1.38 bits per heavy atom. The second-order valence-electron chi connectivity index (χ2n) is 6.23. The Morgan fingerprint density at radius 3 is 2.57 bits per heavy atom. The normalized spacial score (nSPS) is 15.0. The van der Waals surface area contributed by atoms with Crippen LogP contribution in [0, 0.1) is 5.92 Å². The molecule has 1 fully saturated rings. The molecule has 0 amide bonds. The highest BCUT2D eigenvalue weighted by atomic mass is 32.1. The van der Waals surface area contributed by atoms with Crippen LogP contribution in [-0.2, 0) is 4.74 Å². The van der Waals surface area contributed by atoms with Crippen molar-refractivity contribution < 1.29 is 9.53 Å². The molecule has 3 N–H and O–H groups in total. The Kier molecular flexibility index (Phi) is 5.27. The van der Waals surface area contributed by atoms with Gasteiger partial charge in [-0.1, -0.05) is 13.8 Å². The smallest absolute Gasteiger partial charge is 0.177 e. The Labute approximate surface area is 131 Å². The minimum Gasteiger partial charge on any atom is -0.397 e. The summed E-state index contributed by atoms with van der Waals surface area (Å²) in [6.07, 6.45) is 2.59. The lowest BCUT2D eigenvalue weighted by Gasteiger charge is -2.10. The maximum Gasteiger partial charge on any atom is 0.177 e. The molecule has 1 saturated carbocycles. The third kappa shape index (κ3) is 3.98. The van der Waals surface area contributed by atoms with E-state index in [0.717, 1.165) is 22.0 Å². The summed E-state index contributed by atoms with van der Waals surface area (Å²) in [6.45, 7) is 9.29. The highest BCUT2D eigenvalue weighted by Gasteiger charge is 2.33. The molecule has 0 atom stereocenters. The Balaban J connectivity index is 2.12. The standard InChI is InChI=1S/C16H26N2O2S/c1-9(2)14(19)15-13(17)12(11-5-6-11)16(21-15)18-7-8-20-10(3)4/h9-11,18H,5-8,17H2,1-4H3. The first-order valence-electron chi connectivity index (χ1n) is 7.73. The zero-order valence-corrected chi connectivity index (χ0v) is 14.2. The molecule has 1 aromatic heterocycles. The minimum absolute atomic E-state index is 0.0184. The molecule has 0 aliphatic heterocycles. The van der Waals surface area contributed by atoms with Crippen molar-refractivity contribution in [2.75, 3.05) is 24.2 Å². The van der Waals surface area contributed by atoms with E-state index in [-0.39, 0.29) is 17.8 Å².